The number of nitrogens with one attached hydrogen (secondary N) is 6. The minimum atomic E-state index is -2.39. The van der Waals surface area contributed by atoms with Crippen LogP contribution in [-0.4, -0.2) is 176 Å². The van der Waals surface area contributed by atoms with Gasteiger partial charge in [0.1, 0.15) is 42.7 Å². The first-order valence-electron chi connectivity index (χ1n) is 18.4. The number of nitrogens with two attached hydrogens (primary N) is 2. The zero-order valence-corrected chi connectivity index (χ0v) is 37.5. The number of aliphatic hydroxyl groups is 7. The number of likely N-dealkylation sites (N-methyl/N-ethyl adjacent to an activating group) is 1. The number of carbonyl (C=O) groups excluding carboxylic acids is 2. The molecule has 1 amide bonds. The van der Waals surface area contributed by atoms with Gasteiger partial charge in [-0.05, 0) is 26.1 Å². The molecule has 2 heterocycles. The number of carbonyl (C=O) groups is 3. The molecule has 64 heavy (non-hydrogen) atoms. The van der Waals surface area contributed by atoms with Crippen molar-refractivity contribution in [2.75, 3.05) is 19.0 Å². The lowest BCUT2D eigenvalue weighted by Gasteiger charge is -2.47. The van der Waals surface area contributed by atoms with Gasteiger partial charge in [-0.1, -0.05) is 75.7 Å². The second-order valence-electron chi connectivity index (χ2n) is 14.3. The Morgan fingerprint density at radius 1 is 0.797 bits per heavy atom. The maximum absolute atomic E-state index is 12.5. The van der Waals surface area contributed by atoms with Crippen LogP contribution in [0.5, 0.6) is 0 Å². The first kappa shape index (κ1) is 53.5. The number of rotatable bonds is 12. The minimum Gasteiger partial charge on any atom is -0.478 e. The summed E-state index contributed by atoms with van der Waals surface area (Å²) in [7, 11) is 1.41. The van der Waals surface area contributed by atoms with Gasteiger partial charge in [-0.3, -0.25) is 20.4 Å². The predicted octanol–water partition coefficient (Wildman–Crippen LogP) is -1.18. The average Bonchev–Trinajstić information content (AvgIpc) is 3.47. The van der Waals surface area contributed by atoms with Crippen molar-refractivity contribution in [3.8, 4) is 0 Å². The standard InChI is InChI=1S/C21H39N7O12.C14H5Cl6NO3/c1-5-21(36,4-30)16(40-17-9(26-2)13(34)10(31)6(3-29)38-17)18(37-5)39-15-8(28-20(24)25)11(32)7(27-19(22)23)12(33)14(15)35;15-4-2-1-3-5(8(4)16)21-13(22)6-7(14(23)24)10(18)12(20)11(19)9(6)17/h4-18,26,29,31-36H,3H2,1-2H3,(H4,22,23,27)(H4,24,25,28);1-3H,(H,21,22)(H,23,24)/t5-,6-,7+,8-,9-,10-,11+,12-,13-,14+,15+,16-,17-,18-,21+;/m0./s1. The number of halogens is 6. The Bertz CT molecular complexity index is 2090. The van der Waals surface area contributed by atoms with Crippen LogP contribution in [0, 0.1) is 10.8 Å². The Morgan fingerprint density at radius 2 is 1.36 bits per heavy atom. The fourth-order valence-electron chi connectivity index (χ4n) is 7.01. The highest BCUT2D eigenvalue weighted by molar-refractivity contribution is 6.54. The molecule has 18 N–H and O–H groups in total. The van der Waals surface area contributed by atoms with Crippen LogP contribution in [0.3, 0.4) is 0 Å². The van der Waals surface area contributed by atoms with Crippen LogP contribution in [0.4, 0.5) is 5.69 Å². The molecule has 15 atom stereocenters. The lowest BCUT2D eigenvalue weighted by atomic mass is 9.81. The molecule has 2 saturated heterocycles. The molecule has 2 aromatic carbocycles. The summed E-state index contributed by atoms with van der Waals surface area (Å²) in [6, 6.07) is 0.585. The van der Waals surface area contributed by atoms with E-state index in [-0.39, 0.29) is 37.1 Å². The maximum atomic E-state index is 12.5. The molecule has 1 aliphatic carbocycles. The molecule has 356 valence electrons. The molecule has 1 saturated carbocycles. The van der Waals surface area contributed by atoms with E-state index < -0.39 is 138 Å². The maximum Gasteiger partial charge on any atom is 0.338 e. The molecule has 0 spiro atoms. The van der Waals surface area contributed by atoms with E-state index in [4.69, 9.17) is 111 Å². The third-order valence-electron chi connectivity index (χ3n) is 10.4. The van der Waals surface area contributed by atoms with E-state index >= 15 is 0 Å². The zero-order chi connectivity index (χ0) is 48.3. The van der Waals surface area contributed by atoms with Crippen LogP contribution in [0.25, 0.3) is 0 Å². The van der Waals surface area contributed by atoms with Crippen molar-refractivity contribution in [3.05, 3.63) is 59.5 Å². The first-order chi connectivity index (χ1) is 29.9. The van der Waals surface area contributed by atoms with Gasteiger partial charge in [0.15, 0.2) is 36.4 Å². The van der Waals surface area contributed by atoms with Gasteiger partial charge in [-0.25, -0.2) is 4.79 Å². The topological polar surface area (TPSA) is 398 Å². The molecular weight excluding hydrogens is 985 g/mol. The van der Waals surface area contributed by atoms with Crippen LogP contribution < -0.4 is 32.7 Å². The Balaban J connectivity index is 0.000000318. The molecule has 29 heteroatoms. The summed E-state index contributed by atoms with van der Waals surface area (Å²) in [4.78, 5) is 36.0. The molecule has 0 radical (unpaired) electrons. The number of aromatic carboxylic acids is 1. The van der Waals surface area contributed by atoms with Gasteiger partial charge in [-0.2, -0.15) is 0 Å². The van der Waals surface area contributed by atoms with Gasteiger partial charge in [0.2, 0.25) is 0 Å². The lowest BCUT2D eigenvalue weighted by Crippen LogP contribution is -2.73. The second-order valence-corrected chi connectivity index (χ2v) is 16.6. The van der Waals surface area contributed by atoms with Gasteiger partial charge >= 0.3 is 5.97 Å². The average molecular weight is 1030 g/mol. The van der Waals surface area contributed by atoms with Crippen molar-refractivity contribution < 1.29 is 74.2 Å². The van der Waals surface area contributed by atoms with Crippen molar-refractivity contribution in [2.45, 2.75) is 98.2 Å². The molecule has 3 aliphatic rings. The number of aldehydes is 1. The zero-order valence-electron chi connectivity index (χ0n) is 33.0. The summed E-state index contributed by atoms with van der Waals surface area (Å²) in [6.07, 6.45) is -17.3. The summed E-state index contributed by atoms with van der Waals surface area (Å²) in [6.45, 7) is 0.613. The van der Waals surface area contributed by atoms with Gasteiger partial charge in [0, 0.05) is 0 Å². The number of aliphatic hydroxyl groups excluding tert-OH is 6. The van der Waals surface area contributed by atoms with E-state index in [0.29, 0.717) is 0 Å². The molecular formula is C35H44Cl6N8O15. The number of ether oxygens (including phenoxy) is 4. The van der Waals surface area contributed by atoms with Crippen molar-refractivity contribution >= 4 is 105 Å². The van der Waals surface area contributed by atoms with Crippen LogP contribution in [-0.2, 0) is 23.7 Å². The smallest absolute Gasteiger partial charge is 0.338 e. The minimum absolute atomic E-state index is 0.0756. The number of hydrogen-bond donors (Lipinski definition) is 16. The molecule has 2 aliphatic heterocycles. The van der Waals surface area contributed by atoms with Crippen LogP contribution in [0.2, 0.25) is 30.1 Å². The molecule has 2 aromatic rings. The fourth-order valence-corrected chi connectivity index (χ4v) is 8.37. The Morgan fingerprint density at radius 3 is 1.89 bits per heavy atom. The molecule has 0 bridgehead atoms. The highest BCUT2D eigenvalue weighted by atomic mass is 35.5. The molecule has 5 rings (SSSR count). The summed E-state index contributed by atoms with van der Waals surface area (Å²) >= 11 is 35.5. The fraction of sp³-hybridized carbons (Fsp3) is 0.514. The van der Waals surface area contributed by atoms with Crippen LogP contribution in [0.15, 0.2) is 18.2 Å². The number of guanidine groups is 2. The largest absolute Gasteiger partial charge is 0.478 e. The van der Waals surface area contributed by atoms with Gasteiger partial charge in [0.25, 0.3) is 5.91 Å². The Labute approximate surface area is 392 Å². The third-order valence-corrected chi connectivity index (χ3v) is 13.0. The lowest BCUT2D eigenvalue weighted by molar-refractivity contribution is -0.314. The van der Waals surface area contributed by atoms with E-state index in [1.807, 2.05) is 0 Å². The number of carboxylic acid groups (broad SMARTS) is 1. The number of anilines is 1. The van der Waals surface area contributed by atoms with E-state index in [1.165, 1.54) is 26.1 Å². The molecule has 0 aromatic heterocycles. The van der Waals surface area contributed by atoms with Crippen molar-refractivity contribution in [2.24, 2.45) is 11.5 Å². The number of benzene rings is 2. The monoisotopic (exact) mass is 1030 g/mol. The van der Waals surface area contributed by atoms with E-state index in [1.54, 1.807) is 6.07 Å². The van der Waals surface area contributed by atoms with E-state index in [9.17, 15) is 55.2 Å². The van der Waals surface area contributed by atoms with Crippen molar-refractivity contribution in [3.63, 3.8) is 0 Å². The second kappa shape index (κ2) is 22.1. The summed E-state index contributed by atoms with van der Waals surface area (Å²) in [5.74, 6) is -3.67. The Hall–Kier alpha value is -3.15. The third kappa shape index (κ3) is 11.0. The van der Waals surface area contributed by atoms with Gasteiger partial charge < -0.3 is 92.5 Å². The number of carboxylic acids is 1. The van der Waals surface area contributed by atoms with Gasteiger partial charge in [-0.15, -0.1) is 0 Å². The Kier molecular flexibility index (Phi) is 18.5. The van der Waals surface area contributed by atoms with Crippen LogP contribution >= 0.6 is 69.6 Å². The van der Waals surface area contributed by atoms with Crippen molar-refractivity contribution in [1.29, 1.82) is 10.8 Å². The van der Waals surface area contributed by atoms with Gasteiger partial charge in [0.05, 0.1) is 83.9 Å². The quantitative estimate of drug-likeness (QED) is 0.0391. The first-order valence-corrected chi connectivity index (χ1v) is 20.7. The highest BCUT2D eigenvalue weighted by Crippen LogP contribution is 2.43. The predicted molar refractivity (Wildman–Crippen MR) is 229 cm³/mol. The number of hydrogen-bond acceptors (Lipinski definition) is 17. The van der Waals surface area contributed by atoms with E-state index in [2.05, 4.69) is 21.3 Å². The summed E-state index contributed by atoms with van der Waals surface area (Å²) in [5.41, 5.74) is 7.51. The highest BCUT2D eigenvalue weighted by Gasteiger charge is 2.61. The normalized spacial score (nSPS) is 33.6. The summed E-state index contributed by atoms with van der Waals surface area (Å²) in [5, 5.41) is 107. The van der Waals surface area contributed by atoms with E-state index in [0.717, 1.165) is 0 Å². The molecule has 23 nitrogen and oxygen atoms in total. The van der Waals surface area contributed by atoms with Crippen LogP contribution in [0.1, 0.15) is 27.6 Å². The number of amides is 1. The SMILES string of the molecule is CN[C@@H]1[C@H](O[C@H]2[C@H](O[C@H]3[C@H](O)[C@@H](O)[C@H](NC(=N)N)[C@@H](O)[C@@H]3NC(=N)N)O[C@@H](C)[C@]2(O)C=O)O[C@@H](CO)[C@H](O)[C@H]1O.O=C(O)c1c(Cl)c(Cl)c(Cl)c(Cl)c1C(=O)Nc1cccc(Cl)c1Cl. The molecule has 3 fully saturated rings. The summed E-state index contributed by atoms with van der Waals surface area (Å²) < 4.78 is 22.9. The van der Waals surface area contributed by atoms with Crippen molar-refractivity contribution in [1.82, 2.24) is 16.0 Å². The molecule has 0 unspecified atom stereocenters.